The van der Waals surface area contributed by atoms with Crippen LogP contribution in [0, 0.1) is 5.92 Å². The van der Waals surface area contributed by atoms with Crippen molar-refractivity contribution in [3.8, 4) is 0 Å². The van der Waals surface area contributed by atoms with Gasteiger partial charge >= 0.3 is 12.1 Å². The summed E-state index contributed by atoms with van der Waals surface area (Å²) in [6, 6.07) is 16.2. The zero-order valence-corrected chi connectivity index (χ0v) is 22.3. The molecule has 11 heteroatoms. The third-order valence-electron chi connectivity index (χ3n) is 6.91. The number of carbonyl (C=O) groups excluding carboxylic acids is 2. The zero-order chi connectivity index (χ0) is 28.4. The minimum atomic E-state index is -5.08. The van der Waals surface area contributed by atoms with E-state index < -0.39 is 12.1 Å². The van der Waals surface area contributed by atoms with Crippen LogP contribution in [0.1, 0.15) is 42.5 Å². The maximum atomic E-state index is 13.3. The second kappa shape index (κ2) is 14.3. The highest BCUT2D eigenvalue weighted by atomic mass is 35.5. The van der Waals surface area contributed by atoms with Crippen molar-refractivity contribution in [2.75, 3.05) is 44.2 Å². The molecule has 39 heavy (non-hydrogen) atoms. The highest BCUT2D eigenvalue weighted by Crippen LogP contribution is 2.25. The summed E-state index contributed by atoms with van der Waals surface area (Å²) in [7, 11) is 0. The van der Waals surface area contributed by atoms with E-state index in [2.05, 4.69) is 4.90 Å². The lowest BCUT2D eigenvalue weighted by molar-refractivity contribution is -0.192. The number of carboxylic acids is 1. The Bertz CT molecular complexity index is 1090. The van der Waals surface area contributed by atoms with Crippen LogP contribution in [0.2, 0.25) is 5.02 Å². The first-order chi connectivity index (χ1) is 18.5. The van der Waals surface area contributed by atoms with E-state index in [0.717, 1.165) is 44.3 Å². The summed E-state index contributed by atoms with van der Waals surface area (Å²) >= 11 is 5.98. The number of amides is 2. The molecule has 2 aromatic rings. The zero-order valence-electron chi connectivity index (χ0n) is 21.6. The fourth-order valence-corrected chi connectivity index (χ4v) is 4.91. The number of anilines is 1. The standard InChI is InChI=1S/C26H32ClN3O2.C2HF3O2/c27-23-13-11-22(12-14-23)26(32)30(24-9-5-2-6-10-24)20-25(31)29-17-15-28(16-18-29)19-21-7-3-1-4-8-21;3-2(4,5)1(6)7/h2,5-6,9-14,21H,1,3-4,7-8,15-20H2;(H,6,7). The normalized spacial score (nSPS) is 16.7. The minimum absolute atomic E-state index is 0.00603. The molecule has 0 atom stereocenters. The van der Waals surface area contributed by atoms with Crippen molar-refractivity contribution in [2.24, 2.45) is 5.92 Å². The third kappa shape index (κ3) is 9.54. The number of benzene rings is 2. The predicted molar refractivity (Wildman–Crippen MR) is 143 cm³/mol. The molecule has 0 radical (unpaired) electrons. The maximum Gasteiger partial charge on any atom is 0.490 e. The predicted octanol–water partition coefficient (Wildman–Crippen LogP) is 5.34. The van der Waals surface area contributed by atoms with Crippen LogP contribution < -0.4 is 4.90 Å². The fraction of sp³-hybridized carbons (Fsp3) is 0.464. The Balaban J connectivity index is 0.000000532. The van der Waals surface area contributed by atoms with Gasteiger partial charge in [0.05, 0.1) is 0 Å². The summed E-state index contributed by atoms with van der Waals surface area (Å²) < 4.78 is 31.7. The van der Waals surface area contributed by atoms with E-state index in [1.807, 2.05) is 35.2 Å². The molecule has 1 saturated heterocycles. The van der Waals surface area contributed by atoms with Crippen molar-refractivity contribution in [3.63, 3.8) is 0 Å². The van der Waals surface area contributed by atoms with Gasteiger partial charge in [0.1, 0.15) is 6.54 Å². The van der Waals surface area contributed by atoms with Gasteiger partial charge in [-0.25, -0.2) is 4.79 Å². The first-order valence-electron chi connectivity index (χ1n) is 13.0. The molecule has 212 valence electrons. The Hall–Kier alpha value is -3.11. The van der Waals surface area contributed by atoms with Crippen LogP contribution in [-0.4, -0.2) is 78.1 Å². The second-order valence-electron chi connectivity index (χ2n) is 9.72. The van der Waals surface area contributed by atoms with Crippen molar-refractivity contribution >= 4 is 35.1 Å². The molecule has 4 rings (SSSR count). The summed E-state index contributed by atoms with van der Waals surface area (Å²) in [6.45, 7) is 4.48. The van der Waals surface area contributed by atoms with Gasteiger partial charge in [0.25, 0.3) is 5.91 Å². The lowest BCUT2D eigenvalue weighted by Crippen LogP contribution is -2.52. The largest absolute Gasteiger partial charge is 0.490 e. The Morgan fingerprint density at radius 2 is 1.46 bits per heavy atom. The average molecular weight is 568 g/mol. The van der Waals surface area contributed by atoms with Gasteiger partial charge in [-0.05, 0) is 55.2 Å². The summed E-state index contributed by atoms with van der Waals surface area (Å²) in [6.07, 6.45) is 1.71. The molecule has 2 fully saturated rings. The smallest absolute Gasteiger partial charge is 0.475 e. The van der Waals surface area contributed by atoms with Crippen LogP contribution in [0.4, 0.5) is 18.9 Å². The van der Waals surface area contributed by atoms with E-state index in [0.29, 0.717) is 10.6 Å². The molecular formula is C28H33ClF3N3O4. The Kier molecular flexibility index (Phi) is 11.2. The first kappa shape index (κ1) is 30.4. The second-order valence-corrected chi connectivity index (χ2v) is 10.2. The number of halogens is 4. The molecule has 1 saturated carbocycles. The molecule has 1 N–H and O–H groups in total. The van der Waals surface area contributed by atoms with Gasteiger partial charge in [-0.2, -0.15) is 13.2 Å². The number of carbonyl (C=O) groups is 3. The topological polar surface area (TPSA) is 81.2 Å². The monoisotopic (exact) mass is 567 g/mol. The molecule has 0 aromatic heterocycles. The lowest BCUT2D eigenvalue weighted by Gasteiger charge is -2.38. The van der Waals surface area contributed by atoms with Crippen molar-refractivity contribution in [3.05, 3.63) is 65.2 Å². The number of nitrogens with zero attached hydrogens (tertiary/aromatic N) is 3. The Morgan fingerprint density at radius 1 is 0.897 bits per heavy atom. The number of alkyl halides is 3. The van der Waals surface area contributed by atoms with Crippen LogP contribution in [0.3, 0.4) is 0 Å². The lowest BCUT2D eigenvalue weighted by atomic mass is 9.89. The summed E-state index contributed by atoms with van der Waals surface area (Å²) in [5, 5.41) is 7.70. The van der Waals surface area contributed by atoms with Crippen LogP contribution in [0.15, 0.2) is 54.6 Å². The molecular weight excluding hydrogens is 535 g/mol. The summed E-state index contributed by atoms with van der Waals surface area (Å²) in [4.78, 5) is 41.3. The van der Waals surface area contributed by atoms with Crippen LogP contribution in [-0.2, 0) is 9.59 Å². The average Bonchev–Trinajstić information content (AvgIpc) is 2.93. The van der Waals surface area contributed by atoms with Gasteiger partial charge in [0, 0.05) is 49.0 Å². The van der Waals surface area contributed by atoms with Gasteiger partial charge < -0.3 is 10.0 Å². The molecule has 2 aliphatic rings. The molecule has 1 aliphatic heterocycles. The van der Waals surface area contributed by atoms with Gasteiger partial charge in [-0.3, -0.25) is 19.4 Å². The van der Waals surface area contributed by atoms with E-state index in [1.54, 1.807) is 29.2 Å². The Morgan fingerprint density at radius 3 is 2.00 bits per heavy atom. The number of aliphatic carboxylic acids is 1. The van der Waals surface area contributed by atoms with Gasteiger partial charge in [0.15, 0.2) is 0 Å². The molecule has 0 spiro atoms. The van der Waals surface area contributed by atoms with Crippen LogP contribution in [0.5, 0.6) is 0 Å². The fourth-order valence-electron chi connectivity index (χ4n) is 4.79. The van der Waals surface area contributed by atoms with E-state index >= 15 is 0 Å². The number of hydrogen-bond donors (Lipinski definition) is 1. The molecule has 7 nitrogen and oxygen atoms in total. The van der Waals surface area contributed by atoms with E-state index in [4.69, 9.17) is 21.5 Å². The highest BCUT2D eigenvalue weighted by molar-refractivity contribution is 6.30. The van der Waals surface area contributed by atoms with E-state index in [1.165, 1.54) is 32.1 Å². The molecule has 2 aromatic carbocycles. The first-order valence-corrected chi connectivity index (χ1v) is 13.3. The van der Waals surface area contributed by atoms with E-state index in [-0.39, 0.29) is 18.4 Å². The van der Waals surface area contributed by atoms with Crippen LogP contribution >= 0.6 is 11.6 Å². The van der Waals surface area contributed by atoms with Crippen molar-refractivity contribution in [1.29, 1.82) is 0 Å². The molecule has 1 aliphatic carbocycles. The van der Waals surface area contributed by atoms with Crippen molar-refractivity contribution < 1.29 is 32.7 Å². The molecule has 1 heterocycles. The highest BCUT2D eigenvalue weighted by Gasteiger charge is 2.38. The third-order valence-corrected chi connectivity index (χ3v) is 7.16. The Labute approximate surface area is 231 Å². The minimum Gasteiger partial charge on any atom is -0.475 e. The van der Waals surface area contributed by atoms with Crippen molar-refractivity contribution in [2.45, 2.75) is 38.3 Å². The maximum absolute atomic E-state index is 13.3. The van der Waals surface area contributed by atoms with Gasteiger partial charge in [0.2, 0.25) is 5.91 Å². The number of piperazine rings is 1. The summed E-state index contributed by atoms with van der Waals surface area (Å²) in [5.41, 5.74) is 1.24. The quantitative estimate of drug-likeness (QED) is 0.509. The van der Waals surface area contributed by atoms with Gasteiger partial charge in [-0.1, -0.05) is 49.1 Å². The molecule has 2 amide bonds. The number of carboxylic acid groups (broad SMARTS) is 1. The molecule has 0 unspecified atom stereocenters. The SMILES string of the molecule is O=C(CN(C(=O)c1ccc(Cl)cc1)c1ccccc1)N1CCN(CC2CCCCC2)CC1.O=C(O)C(F)(F)F. The van der Waals surface area contributed by atoms with E-state index in [9.17, 15) is 22.8 Å². The molecule has 0 bridgehead atoms. The van der Waals surface area contributed by atoms with Crippen molar-refractivity contribution in [1.82, 2.24) is 9.80 Å². The van der Waals surface area contributed by atoms with Gasteiger partial charge in [-0.15, -0.1) is 0 Å². The number of hydrogen-bond acceptors (Lipinski definition) is 4. The number of rotatable bonds is 6. The number of para-hydroxylation sites is 1. The van der Waals surface area contributed by atoms with Crippen LogP contribution in [0.25, 0.3) is 0 Å². The summed E-state index contributed by atoms with van der Waals surface area (Å²) in [5.74, 6) is -2.14.